The van der Waals surface area contributed by atoms with Crippen molar-refractivity contribution in [1.29, 1.82) is 0 Å². The molecule has 1 aliphatic rings. The summed E-state index contributed by atoms with van der Waals surface area (Å²) in [4.78, 5) is 25.2. The lowest BCUT2D eigenvalue weighted by Crippen LogP contribution is -2.09. The van der Waals surface area contributed by atoms with E-state index in [1.165, 1.54) is 28.4 Å². The van der Waals surface area contributed by atoms with Crippen LogP contribution in [-0.2, 0) is 4.74 Å². The molecule has 1 atom stereocenters. The van der Waals surface area contributed by atoms with Crippen molar-refractivity contribution in [1.82, 2.24) is 0 Å². The molecule has 0 fully saturated rings. The van der Waals surface area contributed by atoms with Crippen molar-refractivity contribution < 1.29 is 33.3 Å². The number of hydrogen-bond donors (Lipinski definition) is 0. The molecule has 0 radical (unpaired) electrons. The molecule has 2 aromatic rings. The van der Waals surface area contributed by atoms with E-state index in [2.05, 4.69) is 0 Å². The summed E-state index contributed by atoms with van der Waals surface area (Å²) in [6.45, 7) is 0. The molecule has 1 heterocycles. The third-order valence-electron chi connectivity index (χ3n) is 4.46. The van der Waals surface area contributed by atoms with Gasteiger partial charge in [-0.15, -0.1) is 0 Å². The van der Waals surface area contributed by atoms with Crippen LogP contribution in [0.2, 0.25) is 0 Å². The van der Waals surface area contributed by atoms with E-state index in [1.54, 1.807) is 30.3 Å². The van der Waals surface area contributed by atoms with E-state index in [0.717, 1.165) is 0 Å². The van der Waals surface area contributed by atoms with E-state index in [9.17, 15) is 9.59 Å². The topological polar surface area (TPSA) is 80.3 Å². The minimum Gasteiger partial charge on any atom is -0.497 e. The van der Waals surface area contributed by atoms with Crippen LogP contribution < -0.4 is 18.9 Å². The maximum atomic E-state index is 12.9. The van der Waals surface area contributed by atoms with Gasteiger partial charge in [0.1, 0.15) is 23.2 Å². The first-order valence-electron chi connectivity index (χ1n) is 8.25. The zero-order chi connectivity index (χ0) is 19.6. The maximum Gasteiger partial charge on any atom is 0.343 e. The maximum absolute atomic E-state index is 12.9. The molecule has 0 unspecified atom stereocenters. The molecular weight excluding hydrogens is 352 g/mol. The van der Waals surface area contributed by atoms with Crippen LogP contribution in [-0.4, -0.2) is 40.2 Å². The van der Waals surface area contributed by atoms with Gasteiger partial charge >= 0.3 is 5.97 Å². The fourth-order valence-corrected chi connectivity index (χ4v) is 3.13. The second kappa shape index (κ2) is 7.57. The average molecular weight is 372 g/mol. The molecule has 27 heavy (non-hydrogen) atoms. The molecule has 0 saturated heterocycles. The number of cyclic esters (lactones) is 1. The smallest absolute Gasteiger partial charge is 0.343 e. The quantitative estimate of drug-likeness (QED) is 0.545. The van der Waals surface area contributed by atoms with Crippen molar-refractivity contribution in [2.75, 3.05) is 28.4 Å². The largest absolute Gasteiger partial charge is 0.497 e. The third-order valence-corrected chi connectivity index (χ3v) is 4.46. The Balaban J connectivity index is 1.93. The summed E-state index contributed by atoms with van der Waals surface area (Å²) in [6, 6.07) is 8.37. The van der Waals surface area contributed by atoms with Gasteiger partial charge in [-0.25, -0.2) is 4.79 Å². The van der Waals surface area contributed by atoms with E-state index < -0.39 is 12.1 Å². The third kappa shape index (κ3) is 3.28. The van der Waals surface area contributed by atoms with Crippen LogP contribution in [0.4, 0.5) is 0 Å². The van der Waals surface area contributed by atoms with Gasteiger partial charge in [0, 0.05) is 5.56 Å². The van der Waals surface area contributed by atoms with Gasteiger partial charge in [0.2, 0.25) is 0 Å². The minimum atomic E-state index is -0.712. The van der Waals surface area contributed by atoms with Gasteiger partial charge in [-0.3, -0.25) is 4.79 Å². The lowest BCUT2D eigenvalue weighted by Gasteiger charge is -2.14. The Hall–Kier alpha value is -3.22. The minimum absolute atomic E-state index is 0.0300. The van der Waals surface area contributed by atoms with Crippen LogP contribution in [0.15, 0.2) is 30.3 Å². The van der Waals surface area contributed by atoms with E-state index in [0.29, 0.717) is 34.1 Å². The van der Waals surface area contributed by atoms with Gasteiger partial charge in [0.25, 0.3) is 0 Å². The number of rotatable bonds is 7. The average Bonchev–Trinajstić information content (AvgIpc) is 3.01. The molecule has 7 heteroatoms. The second-order valence-electron chi connectivity index (χ2n) is 5.85. The van der Waals surface area contributed by atoms with Crippen LogP contribution in [0.25, 0.3) is 0 Å². The predicted octanol–water partition coefficient (Wildman–Crippen LogP) is 3.21. The molecular formula is C20H20O7. The number of Topliss-reactive ketones (excluding diaryl/α,β-unsaturated/α-hetero) is 1. The highest BCUT2D eigenvalue weighted by molar-refractivity contribution is 6.02. The van der Waals surface area contributed by atoms with Gasteiger partial charge in [-0.2, -0.15) is 0 Å². The number of esters is 1. The lowest BCUT2D eigenvalue weighted by atomic mass is 9.97. The highest BCUT2D eigenvalue weighted by atomic mass is 16.6. The summed E-state index contributed by atoms with van der Waals surface area (Å²) in [7, 11) is 5.94. The molecule has 1 aliphatic heterocycles. The highest BCUT2D eigenvalue weighted by Gasteiger charge is 2.37. The van der Waals surface area contributed by atoms with Crippen LogP contribution in [0.3, 0.4) is 0 Å². The SMILES string of the molecule is COc1ccc(OC)c(C(=O)C[C@H]2OC(=O)c3c2ccc(OC)c3OC)c1. The number of carbonyl (C=O) groups excluding carboxylic acids is 2. The van der Waals surface area contributed by atoms with Crippen molar-refractivity contribution in [3.05, 3.63) is 47.0 Å². The summed E-state index contributed by atoms with van der Waals surface area (Å²) in [5, 5.41) is 0. The Labute approximate surface area is 156 Å². The monoisotopic (exact) mass is 372 g/mol. The molecule has 0 saturated carbocycles. The normalized spacial score (nSPS) is 15.0. The fraction of sp³-hybridized carbons (Fsp3) is 0.300. The van der Waals surface area contributed by atoms with Gasteiger partial charge in [-0.05, 0) is 24.3 Å². The first-order valence-corrected chi connectivity index (χ1v) is 8.25. The molecule has 0 amide bonds. The zero-order valence-electron chi connectivity index (χ0n) is 15.5. The molecule has 0 spiro atoms. The highest BCUT2D eigenvalue weighted by Crippen LogP contribution is 2.43. The van der Waals surface area contributed by atoms with Gasteiger partial charge in [-0.1, -0.05) is 6.07 Å². The Morgan fingerprint density at radius 1 is 0.963 bits per heavy atom. The Morgan fingerprint density at radius 2 is 1.67 bits per heavy atom. The second-order valence-corrected chi connectivity index (χ2v) is 5.85. The van der Waals surface area contributed by atoms with Crippen molar-refractivity contribution in [2.45, 2.75) is 12.5 Å². The molecule has 0 aromatic heterocycles. The molecule has 0 bridgehead atoms. The van der Waals surface area contributed by atoms with Crippen molar-refractivity contribution in [2.24, 2.45) is 0 Å². The van der Waals surface area contributed by atoms with Gasteiger partial charge in [0.15, 0.2) is 17.3 Å². The van der Waals surface area contributed by atoms with Gasteiger partial charge in [0.05, 0.1) is 40.4 Å². The number of ether oxygens (including phenoxy) is 5. The number of hydrogen-bond acceptors (Lipinski definition) is 7. The van der Waals surface area contributed by atoms with E-state index in [4.69, 9.17) is 23.7 Å². The number of fused-ring (bicyclic) bond motifs is 1. The predicted molar refractivity (Wildman–Crippen MR) is 96.2 cm³/mol. The lowest BCUT2D eigenvalue weighted by molar-refractivity contribution is 0.0365. The standard InChI is InChI=1S/C20H20O7/c1-23-11-5-7-15(24-2)13(9-11)14(21)10-17-12-6-8-16(25-3)19(26-4)18(12)20(22)27-17/h5-9,17H,10H2,1-4H3/t17-/m1/s1. The first kappa shape index (κ1) is 18.6. The molecule has 7 nitrogen and oxygen atoms in total. The molecule has 0 aliphatic carbocycles. The van der Waals surface area contributed by atoms with Crippen molar-refractivity contribution in [3.8, 4) is 23.0 Å². The van der Waals surface area contributed by atoms with Crippen LogP contribution in [0.1, 0.15) is 38.8 Å². The number of benzene rings is 2. The summed E-state index contributed by atoms with van der Waals surface area (Å²) in [6.07, 6.45) is -0.742. The Morgan fingerprint density at radius 3 is 2.30 bits per heavy atom. The van der Waals surface area contributed by atoms with Crippen molar-refractivity contribution in [3.63, 3.8) is 0 Å². The van der Waals surface area contributed by atoms with Crippen molar-refractivity contribution >= 4 is 11.8 Å². The van der Waals surface area contributed by atoms with Gasteiger partial charge < -0.3 is 23.7 Å². The molecule has 2 aromatic carbocycles. The molecule has 3 rings (SSSR count). The van der Waals surface area contributed by atoms with E-state index >= 15 is 0 Å². The number of ketones is 1. The molecule has 0 N–H and O–H groups in total. The summed E-state index contributed by atoms with van der Waals surface area (Å²) >= 11 is 0. The Bertz CT molecular complexity index is 888. The summed E-state index contributed by atoms with van der Waals surface area (Å²) < 4.78 is 26.4. The van der Waals surface area contributed by atoms with E-state index in [-0.39, 0.29) is 17.8 Å². The first-order chi connectivity index (χ1) is 13.0. The van der Waals surface area contributed by atoms with Crippen LogP contribution >= 0.6 is 0 Å². The number of carbonyl (C=O) groups is 2. The fourth-order valence-electron chi connectivity index (χ4n) is 3.13. The zero-order valence-corrected chi connectivity index (χ0v) is 15.5. The van der Waals surface area contributed by atoms with E-state index in [1.807, 2.05) is 0 Å². The summed E-state index contributed by atoms with van der Waals surface area (Å²) in [5.41, 5.74) is 1.24. The van der Waals surface area contributed by atoms with Crippen LogP contribution in [0, 0.1) is 0 Å². The van der Waals surface area contributed by atoms with Crippen LogP contribution in [0.5, 0.6) is 23.0 Å². The summed E-state index contributed by atoms with van der Waals surface area (Å²) in [5.74, 6) is 0.915. The molecule has 142 valence electrons. The number of methoxy groups -OCH3 is 4. The Kier molecular flexibility index (Phi) is 5.21.